The summed E-state index contributed by atoms with van der Waals surface area (Å²) in [5.41, 5.74) is 4.09. The largest absolute Gasteiger partial charge is 0.326 e. The lowest BCUT2D eigenvalue weighted by molar-refractivity contribution is -0.116. The van der Waals surface area contributed by atoms with Gasteiger partial charge in [-0.05, 0) is 40.8 Å². The van der Waals surface area contributed by atoms with Crippen LogP contribution in [0.5, 0.6) is 0 Å². The molecule has 3 rings (SSSR count). The van der Waals surface area contributed by atoms with Crippen molar-refractivity contribution < 1.29 is 9.59 Å². The molecule has 26 heavy (non-hydrogen) atoms. The van der Waals surface area contributed by atoms with Gasteiger partial charge in [-0.2, -0.15) is 0 Å². The van der Waals surface area contributed by atoms with Crippen LogP contribution >= 0.6 is 11.8 Å². The highest BCUT2D eigenvalue weighted by Crippen LogP contribution is 2.42. The van der Waals surface area contributed by atoms with E-state index in [4.69, 9.17) is 0 Å². The first-order chi connectivity index (χ1) is 12.3. The molecule has 4 nitrogen and oxygen atoms in total. The molecule has 0 saturated carbocycles. The minimum absolute atomic E-state index is 0.0249. The third-order valence-electron chi connectivity index (χ3n) is 4.40. The Labute approximate surface area is 159 Å². The van der Waals surface area contributed by atoms with Gasteiger partial charge < -0.3 is 5.32 Å². The Morgan fingerprint density at radius 1 is 1.08 bits per heavy atom. The normalized spacial score (nSPS) is 17.5. The third kappa shape index (κ3) is 3.93. The van der Waals surface area contributed by atoms with E-state index < -0.39 is 0 Å². The van der Waals surface area contributed by atoms with Gasteiger partial charge in [0.05, 0.1) is 5.75 Å². The first-order valence-corrected chi connectivity index (χ1v) is 9.72. The smallest absolute Gasteiger partial charge is 0.238 e. The topological polar surface area (TPSA) is 49.4 Å². The second-order valence-corrected chi connectivity index (χ2v) is 8.60. The number of rotatable bonds is 3. The summed E-state index contributed by atoms with van der Waals surface area (Å²) in [6.07, 6.45) is 0. The highest BCUT2D eigenvalue weighted by molar-refractivity contribution is 8.00. The SMILES string of the molecule is CC(=O)Nc1ccc(N2C(=O)CS[C@H]2c2ccc(C(C)(C)C)cc2)cc1. The summed E-state index contributed by atoms with van der Waals surface area (Å²) in [4.78, 5) is 25.5. The van der Waals surface area contributed by atoms with Crippen molar-refractivity contribution in [1.82, 2.24) is 0 Å². The lowest BCUT2D eigenvalue weighted by atomic mass is 9.86. The first kappa shape index (κ1) is 18.5. The Balaban J connectivity index is 1.86. The Kier molecular flexibility index (Phi) is 5.10. The number of amides is 2. The van der Waals surface area contributed by atoms with Crippen LogP contribution in [-0.4, -0.2) is 17.6 Å². The zero-order valence-electron chi connectivity index (χ0n) is 15.6. The van der Waals surface area contributed by atoms with E-state index in [2.05, 4.69) is 50.4 Å². The van der Waals surface area contributed by atoms with Gasteiger partial charge in [-0.1, -0.05) is 45.0 Å². The maximum atomic E-state index is 12.5. The summed E-state index contributed by atoms with van der Waals surface area (Å²) in [5.74, 6) is 0.466. The van der Waals surface area contributed by atoms with Crippen molar-refractivity contribution in [1.29, 1.82) is 0 Å². The van der Waals surface area contributed by atoms with Crippen LogP contribution in [0.25, 0.3) is 0 Å². The minimum Gasteiger partial charge on any atom is -0.326 e. The number of anilines is 2. The van der Waals surface area contributed by atoms with Crippen molar-refractivity contribution in [2.75, 3.05) is 16.0 Å². The molecule has 1 aliphatic rings. The van der Waals surface area contributed by atoms with E-state index >= 15 is 0 Å². The van der Waals surface area contributed by atoms with Crippen molar-refractivity contribution in [3.63, 3.8) is 0 Å². The summed E-state index contributed by atoms with van der Waals surface area (Å²) in [5, 5.41) is 2.72. The van der Waals surface area contributed by atoms with Gasteiger partial charge in [-0.15, -0.1) is 11.8 Å². The fraction of sp³-hybridized carbons (Fsp3) is 0.333. The lowest BCUT2D eigenvalue weighted by Crippen LogP contribution is -2.27. The van der Waals surface area contributed by atoms with Gasteiger partial charge in [0.1, 0.15) is 5.37 Å². The molecule has 0 bridgehead atoms. The molecule has 1 fully saturated rings. The Morgan fingerprint density at radius 3 is 2.23 bits per heavy atom. The zero-order valence-corrected chi connectivity index (χ0v) is 16.4. The molecule has 136 valence electrons. The average Bonchev–Trinajstić information content (AvgIpc) is 2.96. The monoisotopic (exact) mass is 368 g/mol. The van der Waals surface area contributed by atoms with Crippen LogP contribution < -0.4 is 10.2 Å². The molecule has 5 heteroatoms. The van der Waals surface area contributed by atoms with Crippen molar-refractivity contribution in [3.8, 4) is 0 Å². The standard InChI is InChI=1S/C21H24N2O2S/c1-14(24)22-17-9-11-18(12-10-17)23-19(25)13-26-20(23)15-5-7-16(8-6-15)21(2,3)4/h5-12,20H,13H2,1-4H3,(H,22,24)/t20-/m0/s1. The molecule has 1 saturated heterocycles. The average molecular weight is 369 g/mol. The molecule has 0 aliphatic carbocycles. The predicted octanol–water partition coefficient (Wildman–Crippen LogP) is 4.72. The molecule has 0 radical (unpaired) electrons. The molecule has 0 aromatic heterocycles. The van der Waals surface area contributed by atoms with Gasteiger partial charge >= 0.3 is 0 Å². The third-order valence-corrected chi connectivity index (χ3v) is 5.61. The first-order valence-electron chi connectivity index (χ1n) is 8.67. The van der Waals surface area contributed by atoms with E-state index in [9.17, 15) is 9.59 Å². The zero-order chi connectivity index (χ0) is 18.9. The number of nitrogens with one attached hydrogen (secondary N) is 1. The highest BCUT2D eigenvalue weighted by atomic mass is 32.2. The number of carbonyl (C=O) groups is 2. The molecule has 2 aromatic rings. The number of hydrogen-bond donors (Lipinski definition) is 1. The van der Waals surface area contributed by atoms with E-state index in [1.54, 1.807) is 11.8 Å². The second-order valence-electron chi connectivity index (χ2n) is 7.53. The molecule has 1 N–H and O–H groups in total. The summed E-state index contributed by atoms with van der Waals surface area (Å²) in [6.45, 7) is 8.06. The summed E-state index contributed by atoms with van der Waals surface area (Å²) >= 11 is 1.64. The van der Waals surface area contributed by atoms with Gasteiger partial charge in [0.25, 0.3) is 0 Å². The van der Waals surface area contributed by atoms with Crippen LogP contribution in [0.15, 0.2) is 48.5 Å². The molecule has 2 amide bonds. The Bertz CT molecular complexity index is 807. The number of hydrogen-bond acceptors (Lipinski definition) is 3. The van der Waals surface area contributed by atoms with Crippen LogP contribution in [0.4, 0.5) is 11.4 Å². The number of carbonyl (C=O) groups excluding carboxylic acids is 2. The maximum absolute atomic E-state index is 12.5. The summed E-state index contributed by atoms with van der Waals surface area (Å²) in [7, 11) is 0. The van der Waals surface area contributed by atoms with Crippen molar-refractivity contribution in [2.24, 2.45) is 0 Å². The molecule has 0 unspecified atom stereocenters. The molecular formula is C21H24N2O2S. The van der Waals surface area contributed by atoms with Gasteiger partial charge in [0.15, 0.2) is 0 Å². The van der Waals surface area contributed by atoms with Crippen LogP contribution in [0.1, 0.15) is 44.2 Å². The van der Waals surface area contributed by atoms with Crippen LogP contribution in [0.3, 0.4) is 0 Å². The number of benzene rings is 2. The van der Waals surface area contributed by atoms with Crippen LogP contribution in [0, 0.1) is 0 Å². The minimum atomic E-state index is -0.109. The maximum Gasteiger partial charge on any atom is 0.238 e. The second kappa shape index (κ2) is 7.16. The van der Waals surface area contributed by atoms with Gasteiger partial charge in [0, 0.05) is 18.3 Å². The lowest BCUT2D eigenvalue weighted by Gasteiger charge is -2.26. The molecule has 2 aromatic carbocycles. The van der Waals surface area contributed by atoms with Crippen LogP contribution in [-0.2, 0) is 15.0 Å². The quantitative estimate of drug-likeness (QED) is 0.853. The van der Waals surface area contributed by atoms with Gasteiger partial charge in [0.2, 0.25) is 11.8 Å². The van der Waals surface area contributed by atoms with Crippen molar-refractivity contribution in [2.45, 2.75) is 38.5 Å². The van der Waals surface area contributed by atoms with E-state index in [1.807, 2.05) is 29.2 Å². The van der Waals surface area contributed by atoms with Gasteiger partial charge in [-0.25, -0.2) is 0 Å². The molecule has 1 atom stereocenters. The van der Waals surface area contributed by atoms with Gasteiger partial charge in [-0.3, -0.25) is 14.5 Å². The van der Waals surface area contributed by atoms with Crippen molar-refractivity contribution in [3.05, 3.63) is 59.7 Å². The fourth-order valence-corrected chi connectivity index (χ4v) is 4.18. The van der Waals surface area contributed by atoms with E-state index in [1.165, 1.54) is 12.5 Å². The Hall–Kier alpha value is -2.27. The highest BCUT2D eigenvalue weighted by Gasteiger charge is 2.34. The number of thioether (sulfide) groups is 1. The molecular weight excluding hydrogens is 344 g/mol. The Morgan fingerprint density at radius 2 is 1.69 bits per heavy atom. The molecule has 1 aliphatic heterocycles. The fourth-order valence-electron chi connectivity index (χ4n) is 3.01. The summed E-state index contributed by atoms with van der Waals surface area (Å²) in [6, 6.07) is 16.0. The molecule has 0 spiro atoms. The predicted molar refractivity (Wildman–Crippen MR) is 109 cm³/mol. The van der Waals surface area contributed by atoms with Crippen molar-refractivity contribution >= 4 is 35.0 Å². The van der Waals surface area contributed by atoms with Crippen LogP contribution in [0.2, 0.25) is 0 Å². The van der Waals surface area contributed by atoms with E-state index in [-0.39, 0.29) is 22.6 Å². The molecule has 1 heterocycles. The van der Waals surface area contributed by atoms with E-state index in [0.717, 1.165) is 16.9 Å². The van der Waals surface area contributed by atoms with E-state index in [0.29, 0.717) is 5.75 Å². The number of nitrogens with zero attached hydrogens (tertiary/aromatic N) is 1. The summed E-state index contributed by atoms with van der Waals surface area (Å²) < 4.78 is 0.